The first-order valence-corrected chi connectivity index (χ1v) is 10.6. The highest BCUT2D eigenvalue weighted by Crippen LogP contribution is 2.23. The highest BCUT2D eigenvalue weighted by atomic mass is 35.5. The van der Waals surface area contributed by atoms with E-state index < -0.39 is 16.1 Å². The molecule has 0 aromatic heterocycles. The first kappa shape index (κ1) is 21.7. The second kappa shape index (κ2) is 10.6. The Labute approximate surface area is 152 Å². The SMILES string of the molecule is Cl.N[C@@H](CCCCNS(=O)(=O)C1CCCCC1)C(=O)N1CCCC1. The molecule has 0 aromatic carbocycles. The first-order chi connectivity index (χ1) is 11.0. The Kier molecular flexibility index (Phi) is 9.56. The molecule has 24 heavy (non-hydrogen) atoms. The molecule has 1 heterocycles. The van der Waals surface area contributed by atoms with E-state index in [1.54, 1.807) is 0 Å². The highest BCUT2D eigenvalue weighted by Gasteiger charge is 2.26. The number of nitrogens with two attached hydrogens (primary N) is 1. The van der Waals surface area contributed by atoms with Crippen molar-refractivity contribution >= 4 is 28.3 Å². The number of unbranched alkanes of at least 4 members (excludes halogenated alkanes) is 1. The van der Waals surface area contributed by atoms with Gasteiger partial charge in [0.1, 0.15) is 0 Å². The molecule has 1 amide bonds. The number of likely N-dealkylation sites (tertiary alicyclic amines) is 1. The predicted octanol–water partition coefficient (Wildman–Crippen LogP) is 1.78. The molecule has 0 unspecified atom stereocenters. The van der Waals surface area contributed by atoms with Gasteiger partial charge in [0.25, 0.3) is 0 Å². The molecule has 3 N–H and O–H groups in total. The van der Waals surface area contributed by atoms with Crippen LogP contribution in [0.5, 0.6) is 0 Å². The van der Waals surface area contributed by atoms with Gasteiger partial charge < -0.3 is 10.6 Å². The van der Waals surface area contributed by atoms with E-state index in [0.29, 0.717) is 13.0 Å². The van der Waals surface area contributed by atoms with Crippen LogP contribution in [0.1, 0.15) is 64.2 Å². The van der Waals surface area contributed by atoms with E-state index in [2.05, 4.69) is 4.72 Å². The summed E-state index contributed by atoms with van der Waals surface area (Å²) in [7, 11) is -3.17. The number of halogens is 1. The van der Waals surface area contributed by atoms with Crippen LogP contribution in [0, 0.1) is 0 Å². The van der Waals surface area contributed by atoms with E-state index in [1.165, 1.54) is 0 Å². The van der Waals surface area contributed by atoms with Crippen LogP contribution in [0.25, 0.3) is 0 Å². The molecule has 0 radical (unpaired) electrons. The summed E-state index contributed by atoms with van der Waals surface area (Å²) >= 11 is 0. The van der Waals surface area contributed by atoms with E-state index in [0.717, 1.165) is 70.9 Å². The Bertz CT molecular complexity index is 475. The van der Waals surface area contributed by atoms with Gasteiger partial charge in [-0.05, 0) is 38.5 Å². The molecule has 6 nitrogen and oxygen atoms in total. The number of nitrogens with one attached hydrogen (secondary N) is 1. The van der Waals surface area contributed by atoms with Gasteiger partial charge in [-0.1, -0.05) is 25.7 Å². The Balaban J connectivity index is 0.00000288. The van der Waals surface area contributed by atoms with E-state index in [4.69, 9.17) is 5.73 Å². The van der Waals surface area contributed by atoms with E-state index in [1.807, 2.05) is 4.90 Å². The molecular formula is C16H32ClN3O3S. The minimum atomic E-state index is -3.17. The largest absolute Gasteiger partial charge is 0.341 e. The highest BCUT2D eigenvalue weighted by molar-refractivity contribution is 7.90. The molecule has 142 valence electrons. The maximum absolute atomic E-state index is 12.2. The molecule has 0 spiro atoms. The fourth-order valence-corrected chi connectivity index (χ4v) is 5.11. The first-order valence-electron chi connectivity index (χ1n) is 9.03. The molecule has 1 aliphatic carbocycles. The summed E-state index contributed by atoms with van der Waals surface area (Å²) in [5.74, 6) is 0.0466. The van der Waals surface area contributed by atoms with Crippen molar-refractivity contribution in [2.45, 2.75) is 75.5 Å². The molecule has 0 aromatic rings. The zero-order chi connectivity index (χ0) is 16.7. The molecule has 1 atom stereocenters. The number of amides is 1. The maximum atomic E-state index is 12.2. The number of carbonyl (C=O) groups excluding carboxylic acids is 1. The van der Waals surface area contributed by atoms with Gasteiger partial charge in [-0.3, -0.25) is 4.79 Å². The van der Waals surface area contributed by atoms with Gasteiger partial charge in [-0.15, -0.1) is 12.4 Å². The fraction of sp³-hybridized carbons (Fsp3) is 0.938. The third kappa shape index (κ3) is 6.50. The summed E-state index contributed by atoms with van der Waals surface area (Å²) in [4.78, 5) is 13.9. The summed E-state index contributed by atoms with van der Waals surface area (Å²) < 4.78 is 27.1. The van der Waals surface area contributed by atoms with Gasteiger partial charge in [0.05, 0.1) is 11.3 Å². The van der Waals surface area contributed by atoms with Crippen molar-refractivity contribution in [3.63, 3.8) is 0 Å². The quantitative estimate of drug-likeness (QED) is 0.627. The summed E-state index contributed by atoms with van der Waals surface area (Å²) in [6.45, 7) is 2.10. The number of rotatable bonds is 8. The molecule has 1 saturated carbocycles. The second-order valence-corrected chi connectivity index (χ2v) is 8.88. The molecule has 1 aliphatic heterocycles. The van der Waals surface area contributed by atoms with Crippen LogP contribution in [0.4, 0.5) is 0 Å². The lowest BCUT2D eigenvalue weighted by Crippen LogP contribution is -2.42. The van der Waals surface area contributed by atoms with Crippen molar-refractivity contribution in [3.8, 4) is 0 Å². The standard InChI is InChI=1S/C16H31N3O3S.ClH/c17-15(16(20)19-12-6-7-13-19)10-4-5-11-18-23(21,22)14-8-2-1-3-9-14;/h14-15,18H,1-13,17H2;1H/t15-;/m0./s1. The Morgan fingerprint density at radius 1 is 1.08 bits per heavy atom. The average molecular weight is 382 g/mol. The summed E-state index contributed by atoms with van der Waals surface area (Å²) in [5.41, 5.74) is 5.95. The van der Waals surface area contributed by atoms with Crippen LogP contribution in [0.3, 0.4) is 0 Å². The van der Waals surface area contributed by atoms with Crippen LogP contribution in [-0.4, -0.2) is 50.2 Å². The Hall–Kier alpha value is -0.370. The lowest BCUT2D eigenvalue weighted by Gasteiger charge is -2.22. The van der Waals surface area contributed by atoms with Crippen LogP contribution in [-0.2, 0) is 14.8 Å². The van der Waals surface area contributed by atoms with Crippen LogP contribution in [0.15, 0.2) is 0 Å². The monoisotopic (exact) mass is 381 g/mol. The van der Waals surface area contributed by atoms with Crippen molar-refractivity contribution in [1.29, 1.82) is 0 Å². The zero-order valence-electron chi connectivity index (χ0n) is 14.4. The second-order valence-electron chi connectivity index (χ2n) is 6.83. The lowest BCUT2D eigenvalue weighted by atomic mass is 10.0. The van der Waals surface area contributed by atoms with Crippen molar-refractivity contribution in [2.75, 3.05) is 19.6 Å². The summed E-state index contributed by atoms with van der Waals surface area (Å²) in [6, 6.07) is -0.442. The predicted molar refractivity (Wildman–Crippen MR) is 98.7 cm³/mol. The molecule has 1 saturated heterocycles. The van der Waals surface area contributed by atoms with Crippen molar-refractivity contribution in [2.24, 2.45) is 5.73 Å². The van der Waals surface area contributed by atoms with Crippen molar-refractivity contribution < 1.29 is 13.2 Å². The van der Waals surface area contributed by atoms with E-state index in [-0.39, 0.29) is 23.6 Å². The third-order valence-electron chi connectivity index (χ3n) is 4.97. The third-order valence-corrected chi connectivity index (χ3v) is 6.93. The average Bonchev–Trinajstić information content (AvgIpc) is 3.09. The number of carbonyl (C=O) groups is 1. The van der Waals surface area contributed by atoms with E-state index >= 15 is 0 Å². The maximum Gasteiger partial charge on any atom is 0.239 e. The van der Waals surface area contributed by atoms with Gasteiger partial charge in [0.2, 0.25) is 15.9 Å². The normalized spacial score (nSPS) is 20.6. The fourth-order valence-electron chi connectivity index (χ4n) is 3.49. The molecule has 2 fully saturated rings. The van der Waals surface area contributed by atoms with Gasteiger partial charge >= 0.3 is 0 Å². The van der Waals surface area contributed by atoms with E-state index in [9.17, 15) is 13.2 Å². The molecule has 0 bridgehead atoms. The Morgan fingerprint density at radius 3 is 2.33 bits per heavy atom. The molecule has 2 rings (SSSR count). The summed E-state index contributed by atoms with van der Waals surface area (Å²) in [6.07, 6.45) is 9.01. The van der Waals surface area contributed by atoms with Crippen molar-refractivity contribution in [3.05, 3.63) is 0 Å². The number of nitrogens with zero attached hydrogens (tertiary/aromatic N) is 1. The van der Waals surface area contributed by atoms with Gasteiger partial charge in [0, 0.05) is 19.6 Å². The number of sulfonamides is 1. The number of hydrogen-bond acceptors (Lipinski definition) is 4. The lowest BCUT2D eigenvalue weighted by molar-refractivity contribution is -0.131. The topological polar surface area (TPSA) is 92.5 Å². The smallest absolute Gasteiger partial charge is 0.239 e. The van der Waals surface area contributed by atoms with Gasteiger partial charge in [0.15, 0.2) is 0 Å². The van der Waals surface area contributed by atoms with Gasteiger partial charge in [-0.2, -0.15) is 0 Å². The molecule has 8 heteroatoms. The minimum absolute atomic E-state index is 0. The molecular weight excluding hydrogens is 350 g/mol. The van der Waals surface area contributed by atoms with Gasteiger partial charge in [-0.25, -0.2) is 13.1 Å². The van der Waals surface area contributed by atoms with Crippen molar-refractivity contribution in [1.82, 2.24) is 9.62 Å². The molecule has 2 aliphatic rings. The number of hydrogen-bond donors (Lipinski definition) is 2. The summed E-state index contributed by atoms with van der Waals surface area (Å²) in [5, 5.41) is -0.213. The Morgan fingerprint density at radius 2 is 1.71 bits per heavy atom. The van der Waals surface area contributed by atoms with Crippen LogP contribution in [0.2, 0.25) is 0 Å². The van der Waals surface area contributed by atoms with Crippen LogP contribution >= 0.6 is 12.4 Å². The van der Waals surface area contributed by atoms with Crippen LogP contribution < -0.4 is 10.5 Å². The minimum Gasteiger partial charge on any atom is -0.341 e. The zero-order valence-corrected chi connectivity index (χ0v) is 16.0.